The van der Waals surface area contributed by atoms with Gasteiger partial charge in [-0.25, -0.2) is 0 Å². The first-order valence-corrected chi connectivity index (χ1v) is 5.99. The average Bonchev–Trinajstić information content (AvgIpc) is 2.37. The largest absolute Gasteiger partial charge is 0.466 e. The third kappa shape index (κ3) is 3.56. The van der Waals surface area contributed by atoms with Gasteiger partial charge in [-0.15, -0.1) is 0 Å². The summed E-state index contributed by atoms with van der Waals surface area (Å²) in [5.74, 6) is -0.674. The number of hydrogen-bond acceptors (Lipinski definition) is 4. The maximum atomic E-state index is 11.8. The monoisotopic (exact) mass is 246 g/mol. The van der Waals surface area contributed by atoms with Gasteiger partial charge in [-0.2, -0.15) is 5.26 Å². The maximum absolute atomic E-state index is 11.8. The zero-order valence-corrected chi connectivity index (χ0v) is 11.0. The lowest BCUT2D eigenvalue weighted by atomic mass is 9.82. The first-order valence-electron chi connectivity index (χ1n) is 5.99. The Kier molecular flexibility index (Phi) is 4.85. The molecule has 4 nitrogen and oxygen atoms in total. The lowest BCUT2D eigenvalue weighted by Gasteiger charge is -2.24. The van der Waals surface area contributed by atoms with Crippen molar-refractivity contribution in [3.8, 4) is 6.07 Å². The van der Waals surface area contributed by atoms with E-state index in [1.165, 1.54) is 0 Å². The Hall–Kier alpha value is -1.89. The second-order valence-corrected chi connectivity index (χ2v) is 4.74. The molecule has 96 valence electrons. The smallest absolute Gasteiger partial charge is 0.311 e. The first kappa shape index (κ1) is 14.2. The second kappa shape index (κ2) is 6.15. The number of ether oxygens (including phenoxy) is 1. The first-order chi connectivity index (χ1) is 8.51. The molecular formula is C14H18N2O2. The predicted octanol–water partition coefficient (Wildman–Crippen LogP) is 2.67. The Balaban J connectivity index is 2.81. The number of esters is 1. The number of carbonyl (C=O) groups excluding carboxylic acids is 1. The molecule has 0 N–H and O–H groups in total. The minimum absolute atomic E-state index is 0.277. The number of rotatable bonds is 5. The molecule has 1 unspecified atom stereocenters. The van der Waals surface area contributed by atoms with E-state index in [2.05, 4.69) is 11.1 Å². The van der Waals surface area contributed by atoms with Crippen molar-refractivity contribution in [2.75, 3.05) is 6.61 Å². The molecule has 1 heterocycles. The highest BCUT2D eigenvalue weighted by Crippen LogP contribution is 2.31. The van der Waals surface area contributed by atoms with Crippen LogP contribution in [0.5, 0.6) is 0 Å². The molecule has 0 aliphatic heterocycles. The van der Waals surface area contributed by atoms with Crippen LogP contribution in [0, 0.1) is 16.7 Å². The number of pyridine rings is 1. The van der Waals surface area contributed by atoms with Crippen LogP contribution in [-0.2, 0) is 9.53 Å². The van der Waals surface area contributed by atoms with Crippen LogP contribution in [0.15, 0.2) is 24.4 Å². The SMILES string of the molecule is CCOC(=O)C(C)(C)CC(C#N)c1ccccn1. The van der Waals surface area contributed by atoms with E-state index in [1.54, 1.807) is 39.1 Å². The zero-order valence-electron chi connectivity index (χ0n) is 11.0. The lowest BCUT2D eigenvalue weighted by molar-refractivity contribution is -0.153. The molecule has 1 rings (SSSR count). The summed E-state index contributed by atoms with van der Waals surface area (Å²) in [6.45, 7) is 5.70. The molecule has 4 heteroatoms. The third-order valence-corrected chi connectivity index (χ3v) is 2.74. The van der Waals surface area contributed by atoms with Crippen LogP contribution in [-0.4, -0.2) is 17.6 Å². The molecule has 18 heavy (non-hydrogen) atoms. The van der Waals surface area contributed by atoms with E-state index in [1.807, 2.05) is 6.07 Å². The molecule has 1 aromatic rings. The van der Waals surface area contributed by atoms with Crippen molar-refractivity contribution in [2.45, 2.75) is 33.1 Å². The van der Waals surface area contributed by atoms with Crippen molar-refractivity contribution in [1.82, 2.24) is 4.98 Å². The highest BCUT2D eigenvalue weighted by Gasteiger charge is 2.33. The van der Waals surface area contributed by atoms with Crippen molar-refractivity contribution < 1.29 is 9.53 Å². The number of nitrogens with zero attached hydrogens (tertiary/aromatic N) is 2. The van der Waals surface area contributed by atoms with Crippen LogP contribution >= 0.6 is 0 Å². The molecular weight excluding hydrogens is 228 g/mol. The van der Waals surface area contributed by atoms with Gasteiger partial charge in [0.25, 0.3) is 0 Å². The highest BCUT2D eigenvalue weighted by molar-refractivity contribution is 5.76. The van der Waals surface area contributed by atoms with Gasteiger partial charge < -0.3 is 4.74 Å². The van der Waals surface area contributed by atoms with Crippen LogP contribution in [0.25, 0.3) is 0 Å². The second-order valence-electron chi connectivity index (χ2n) is 4.74. The van der Waals surface area contributed by atoms with E-state index in [9.17, 15) is 10.1 Å². The van der Waals surface area contributed by atoms with Crippen molar-refractivity contribution in [1.29, 1.82) is 5.26 Å². The highest BCUT2D eigenvalue weighted by atomic mass is 16.5. The van der Waals surface area contributed by atoms with Crippen LogP contribution in [0.4, 0.5) is 0 Å². The average molecular weight is 246 g/mol. The minimum atomic E-state index is -0.687. The standard InChI is InChI=1S/C14H18N2O2/c1-4-18-13(17)14(2,3)9-11(10-15)12-7-5-6-8-16-12/h5-8,11H,4,9H2,1-3H3. The van der Waals surface area contributed by atoms with Gasteiger partial charge in [0.05, 0.1) is 29.7 Å². The van der Waals surface area contributed by atoms with Crippen molar-refractivity contribution in [3.63, 3.8) is 0 Å². The number of hydrogen-bond donors (Lipinski definition) is 0. The Morgan fingerprint density at radius 2 is 2.28 bits per heavy atom. The van der Waals surface area contributed by atoms with E-state index in [0.29, 0.717) is 18.7 Å². The van der Waals surface area contributed by atoms with Gasteiger partial charge in [-0.1, -0.05) is 6.07 Å². The predicted molar refractivity (Wildman–Crippen MR) is 67.6 cm³/mol. The number of aromatic nitrogens is 1. The quantitative estimate of drug-likeness (QED) is 0.749. The summed E-state index contributed by atoms with van der Waals surface area (Å²) in [5, 5.41) is 9.21. The fourth-order valence-corrected chi connectivity index (χ4v) is 1.72. The Bertz CT molecular complexity index is 435. The van der Waals surface area contributed by atoms with Gasteiger partial charge in [0, 0.05) is 6.20 Å². The van der Waals surface area contributed by atoms with Crippen molar-refractivity contribution in [2.24, 2.45) is 5.41 Å². The number of nitriles is 1. The maximum Gasteiger partial charge on any atom is 0.311 e. The Morgan fingerprint density at radius 1 is 1.56 bits per heavy atom. The fraction of sp³-hybridized carbons (Fsp3) is 0.500. The van der Waals surface area contributed by atoms with Gasteiger partial charge >= 0.3 is 5.97 Å². The van der Waals surface area contributed by atoms with E-state index >= 15 is 0 Å². The van der Waals surface area contributed by atoms with E-state index in [-0.39, 0.29) is 5.97 Å². The van der Waals surface area contributed by atoms with Crippen LogP contribution in [0.1, 0.15) is 38.8 Å². The molecule has 1 atom stereocenters. The molecule has 1 aromatic heterocycles. The lowest BCUT2D eigenvalue weighted by Crippen LogP contribution is -2.28. The van der Waals surface area contributed by atoms with Gasteiger partial charge in [0.2, 0.25) is 0 Å². The van der Waals surface area contributed by atoms with Crippen molar-refractivity contribution >= 4 is 5.97 Å². The Labute approximate surface area is 108 Å². The molecule has 0 radical (unpaired) electrons. The normalized spacial score (nSPS) is 12.6. The summed E-state index contributed by atoms with van der Waals surface area (Å²) in [6, 6.07) is 7.64. The van der Waals surface area contributed by atoms with Gasteiger partial charge in [0.15, 0.2) is 0 Å². The summed E-state index contributed by atoms with van der Waals surface area (Å²) in [7, 11) is 0. The summed E-state index contributed by atoms with van der Waals surface area (Å²) in [4.78, 5) is 16.0. The molecule has 0 fully saturated rings. The summed E-state index contributed by atoms with van der Waals surface area (Å²) >= 11 is 0. The molecule has 0 amide bonds. The third-order valence-electron chi connectivity index (χ3n) is 2.74. The topological polar surface area (TPSA) is 63.0 Å². The summed E-state index contributed by atoms with van der Waals surface area (Å²) in [6.07, 6.45) is 2.05. The summed E-state index contributed by atoms with van der Waals surface area (Å²) in [5.41, 5.74) is 0.00543. The molecule has 0 spiro atoms. The van der Waals surface area contributed by atoms with Crippen LogP contribution < -0.4 is 0 Å². The molecule has 0 saturated carbocycles. The van der Waals surface area contributed by atoms with Gasteiger partial charge in [-0.3, -0.25) is 9.78 Å². The van der Waals surface area contributed by atoms with Gasteiger partial charge in [0.1, 0.15) is 0 Å². The summed E-state index contributed by atoms with van der Waals surface area (Å²) < 4.78 is 5.02. The molecule has 0 aromatic carbocycles. The molecule has 0 saturated heterocycles. The molecule has 0 aliphatic carbocycles. The minimum Gasteiger partial charge on any atom is -0.466 e. The van der Waals surface area contributed by atoms with Crippen LogP contribution in [0.2, 0.25) is 0 Å². The van der Waals surface area contributed by atoms with E-state index in [0.717, 1.165) is 0 Å². The molecule has 0 bridgehead atoms. The molecule has 0 aliphatic rings. The van der Waals surface area contributed by atoms with Crippen molar-refractivity contribution in [3.05, 3.63) is 30.1 Å². The van der Waals surface area contributed by atoms with E-state index in [4.69, 9.17) is 4.74 Å². The van der Waals surface area contributed by atoms with Gasteiger partial charge in [-0.05, 0) is 39.3 Å². The zero-order chi connectivity index (χ0) is 13.6. The number of carbonyl (C=O) groups is 1. The fourth-order valence-electron chi connectivity index (χ4n) is 1.72. The Morgan fingerprint density at radius 3 is 2.78 bits per heavy atom. The van der Waals surface area contributed by atoms with E-state index < -0.39 is 11.3 Å². The van der Waals surface area contributed by atoms with Crippen LogP contribution in [0.3, 0.4) is 0 Å².